The van der Waals surface area contributed by atoms with Crippen molar-refractivity contribution in [3.05, 3.63) is 67.9 Å². The summed E-state index contributed by atoms with van der Waals surface area (Å²) in [5.41, 5.74) is 2.07. The van der Waals surface area contributed by atoms with Gasteiger partial charge >= 0.3 is 0 Å². The van der Waals surface area contributed by atoms with Crippen LogP contribution in [-0.4, -0.2) is 4.92 Å². The third-order valence-electron chi connectivity index (χ3n) is 2.90. The van der Waals surface area contributed by atoms with E-state index in [9.17, 15) is 14.5 Å². The van der Waals surface area contributed by atoms with Crippen LogP contribution in [-0.2, 0) is 6.54 Å². The second-order valence-electron chi connectivity index (χ2n) is 4.32. The first-order valence-electron chi connectivity index (χ1n) is 5.91. The topological polar surface area (TPSA) is 55.2 Å². The summed E-state index contributed by atoms with van der Waals surface area (Å²) in [4.78, 5) is 10.4. The van der Waals surface area contributed by atoms with Crippen LogP contribution in [0.4, 0.5) is 15.8 Å². The SMILES string of the molecule is Cc1cccc(NCc2cc(F)ccc2[N+](=O)[O-])c1Br. The monoisotopic (exact) mass is 338 g/mol. The van der Waals surface area contributed by atoms with Gasteiger partial charge in [0.2, 0.25) is 0 Å². The maximum Gasteiger partial charge on any atom is 0.274 e. The van der Waals surface area contributed by atoms with E-state index >= 15 is 0 Å². The van der Waals surface area contributed by atoms with E-state index in [-0.39, 0.29) is 12.2 Å². The molecule has 0 heterocycles. The normalized spacial score (nSPS) is 10.3. The maximum absolute atomic E-state index is 13.2. The van der Waals surface area contributed by atoms with Crippen LogP contribution in [0.5, 0.6) is 0 Å². The van der Waals surface area contributed by atoms with Crippen molar-refractivity contribution >= 4 is 27.3 Å². The Morgan fingerprint density at radius 3 is 2.80 bits per heavy atom. The Hall–Kier alpha value is -1.95. The van der Waals surface area contributed by atoms with E-state index in [1.54, 1.807) is 0 Å². The number of aryl methyl sites for hydroxylation is 1. The van der Waals surface area contributed by atoms with E-state index in [4.69, 9.17) is 0 Å². The van der Waals surface area contributed by atoms with Gasteiger partial charge in [-0.1, -0.05) is 12.1 Å². The lowest BCUT2D eigenvalue weighted by atomic mass is 10.1. The van der Waals surface area contributed by atoms with E-state index in [1.165, 1.54) is 12.1 Å². The minimum atomic E-state index is -0.512. The Morgan fingerprint density at radius 1 is 1.35 bits per heavy atom. The van der Waals surface area contributed by atoms with E-state index in [0.717, 1.165) is 21.8 Å². The van der Waals surface area contributed by atoms with Crippen molar-refractivity contribution in [2.45, 2.75) is 13.5 Å². The average molecular weight is 339 g/mol. The minimum Gasteiger partial charge on any atom is -0.380 e. The molecule has 0 spiro atoms. The van der Waals surface area contributed by atoms with Crippen molar-refractivity contribution in [3.8, 4) is 0 Å². The number of nitrogens with zero attached hydrogens (tertiary/aromatic N) is 1. The van der Waals surface area contributed by atoms with Crippen molar-refractivity contribution in [2.24, 2.45) is 0 Å². The zero-order valence-electron chi connectivity index (χ0n) is 10.7. The number of rotatable bonds is 4. The summed E-state index contributed by atoms with van der Waals surface area (Å²) in [6, 6.07) is 9.11. The van der Waals surface area contributed by atoms with Crippen LogP contribution in [0.2, 0.25) is 0 Å². The summed E-state index contributed by atoms with van der Waals surface area (Å²) < 4.78 is 14.1. The maximum atomic E-state index is 13.2. The molecule has 2 aromatic carbocycles. The zero-order valence-corrected chi connectivity index (χ0v) is 12.3. The Labute approximate surface area is 123 Å². The Kier molecular flexibility index (Phi) is 4.34. The summed E-state index contributed by atoms with van der Waals surface area (Å²) in [5, 5.41) is 14.0. The molecule has 1 N–H and O–H groups in total. The molecule has 0 atom stereocenters. The largest absolute Gasteiger partial charge is 0.380 e. The van der Waals surface area contributed by atoms with Crippen LogP contribution in [0.1, 0.15) is 11.1 Å². The Bertz CT molecular complexity index is 662. The van der Waals surface area contributed by atoms with Gasteiger partial charge in [0.25, 0.3) is 5.69 Å². The molecule has 0 radical (unpaired) electrons. The van der Waals surface area contributed by atoms with Crippen LogP contribution < -0.4 is 5.32 Å². The lowest BCUT2D eigenvalue weighted by Gasteiger charge is -2.10. The summed E-state index contributed by atoms with van der Waals surface area (Å²) in [6.45, 7) is 2.12. The minimum absolute atomic E-state index is 0.0947. The number of anilines is 1. The molecule has 104 valence electrons. The molecule has 0 aliphatic rings. The Morgan fingerprint density at radius 2 is 2.10 bits per heavy atom. The number of benzene rings is 2. The summed E-state index contributed by atoms with van der Waals surface area (Å²) in [5.74, 6) is -0.490. The summed E-state index contributed by atoms with van der Waals surface area (Å²) in [6.07, 6.45) is 0. The molecule has 0 saturated heterocycles. The highest BCUT2D eigenvalue weighted by molar-refractivity contribution is 9.10. The van der Waals surface area contributed by atoms with Gasteiger partial charge in [0.1, 0.15) is 5.82 Å². The van der Waals surface area contributed by atoms with Crippen molar-refractivity contribution in [3.63, 3.8) is 0 Å². The molecular weight excluding hydrogens is 327 g/mol. The standard InChI is InChI=1S/C14H12BrFN2O2/c1-9-3-2-4-12(14(9)15)17-8-10-7-11(16)5-6-13(10)18(19)20/h2-7,17H,8H2,1H3. The molecule has 0 aliphatic heterocycles. The third kappa shape index (κ3) is 3.14. The van der Waals surface area contributed by atoms with Gasteiger partial charge < -0.3 is 5.32 Å². The molecule has 0 saturated carbocycles. The summed E-state index contributed by atoms with van der Waals surface area (Å²) >= 11 is 3.45. The molecule has 0 amide bonds. The van der Waals surface area contributed by atoms with Gasteiger partial charge in [-0.15, -0.1) is 0 Å². The van der Waals surface area contributed by atoms with Crippen LogP contribution in [0, 0.1) is 22.9 Å². The predicted molar refractivity (Wildman–Crippen MR) is 79.3 cm³/mol. The molecule has 0 aromatic heterocycles. The fraction of sp³-hybridized carbons (Fsp3) is 0.143. The first-order chi connectivity index (χ1) is 9.49. The van der Waals surface area contributed by atoms with Gasteiger partial charge in [-0.05, 0) is 46.6 Å². The number of nitrogens with one attached hydrogen (secondary N) is 1. The molecule has 6 heteroatoms. The molecule has 2 rings (SSSR count). The lowest BCUT2D eigenvalue weighted by Crippen LogP contribution is -2.04. The fourth-order valence-electron chi connectivity index (χ4n) is 1.85. The number of hydrogen-bond donors (Lipinski definition) is 1. The molecular formula is C14H12BrFN2O2. The number of nitro benzene ring substituents is 1. The van der Waals surface area contributed by atoms with Crippen LogP contribution in [0.3, 0.4) is 0 Å². The van der Waals surface area contributed by atoms with E-state index < -0.39 is 10.7 Å². The molecule has 0 bridgehead atoms. The molecule has 0 aliphatic carbocycles. The van der Waals surface area contributed by atoms with Gasteiger partial charge in [-0.2, -0.15) is 0 Å². The van der Waals surface area contributed by atoms with E-state index in [1.807, 2.05) is 25.1 Å². The number of halogens is 2. The predicted octanol–water partition coefficient (Wildman–Crippen LogP) is 4.42. The average Bonchev–Trinajstić information content (AvgIpc) is 2.40. The third-order valence-corrected chi connectivity index (χ3v) is 3.95. The zero-order chi connectivity index (χ0) is 14.7. The fourth-order valence-corrected chi connectivity index (χ4v) is 2.25. The lowest BCUT2D eigenvalue weighted by molar-refractivity contribution is -0.385. The van der Waals surface area contributed by atoms with Crippen LogP contribution in [0.25, 0.3) is 0 Å². The van der Waals surface area contributed by atoms with Gasteiger partial charge in [0.15, 0.2) is 0 Å². The highest BCUT2D eigenvalue weighted by Gasteiger charge is 2.14. The second kappa shape index (κ2) is 6.00. The first-order valence-corrected chi connectivity index (χ1v) is 6.70. The highest BCUT2D eigenvalue weighted by Crippen LogP contribution is 2.27. The van der Waals surface area contributed by atoms with Crippen molar-refractivity contribution in [1.82, 2.24) is 0 Å². The van der Waals surface area contributed by atoms with Gasteiger partial charge in [-0.3, -0.25) is 10.1 Å². The van der Waals surface area contributed by atoms with E-state index in [0.29, 0.717) is 5.56 Å². The molecule has 2 aromatic rings. The number of nitro groups is 1. The molecule has 4 nitrogen and oxygen atoms in total. The smallest absolute Gasteiger partial charge is 0.274 e. The van der Waals surface area contributed by atoms with E-state index in [2.05, 4.69) is 21.2 Å². The second-order valence-corrected chi connectivity index (χ2v) is 5.11. The molecule has 0 unspecified atom stereocenters. The van der Waals surface area contributed by atoms with Crippen LogP contribution >= 0.6 is 15.9 Å². The van der Waals surface area contributed by atoms with Gasteiger partial charge in [0, 0.05) is 22.8 Å². The van der Waals surface area contributed by atoms with Gasteiger partial charge in [0.05, 0.1) is 10.5 Å². The molecule has 20 heavy (non-hydrogen) atoms. The molecule has 0 fully saturated rings. The number of hydrogen-bond acceptors (Lipinski definition) is 3. The quantitative estimate of drug-likeness (QED) is 0.663. The van der Waals surface area contributed by atoms with Crippen molar-refractivity contribution in [1.29, 1.82) is 0 Å². The summed E-state index contributed by atoms with van der Waals surface area (Å²) in [7, 11) is 0. The van der Waals surface area contributed by atoms with Crippen molar-refractivity contribution in [2.75, 3.05) is 5.32 Å². The van der Waals surface area contributed by atoms with Crippen molar-refractivity contribution < 1.29 is 9.31 Å². The highest BCUT2D eigenvalue weighted by atomic mass is 79.9. The van der Waals surface area contributed by atoms with Crippen LogP contribution in [0.15, 0.2) is 40.9 Å². The first kappa shape index (κ1) is 14.5. The Balaban J connectivity index is 2.24. The van der Waals surface area contributed by atoms with Gasteiger partial charge in [-0.25, -0.2) is 4.39 Å².